The fourth-order valence-electron chi connectivity index (χ4n) is 2.30. The smallest absolute Gasteiger partial charge is 0.228 e. The van der Waals surface area contributed by atoms with E-state index < -0.39 is 7.37 Å². The molecule has 0 radical (unpaired) electrons. The minimum absolute atomic E-state index is 0.328. The van der Waals surface area contributed by atoms with Gasteiger partial charge in [-0.15, -0.1) is 0 Å². The van der Waals surface area contributed by atoms with Gasteiger partial charge in [-0.3, -0.25) is 4.57 Å². The minimum atomic E-state index is -2.81. The molecule has 0 heterocycles. The Kier molecular flexibility index (Phi) is 5.60. The van der Waals surface area contributed by atoms with Crippen molar-refractivity contribution in [1.82, 2.24) is 0 Å². The summed E-state index contributed by atoms with van der Waals surface area (Å²) in [6, 6.07) is 19.7. The standard InChI is InChI=1S/C17H22NO2P/c1-3-20-21(19,4-2)17(15-11-7-5-8-12-15)18-16-13-9-6-10-14-16/h5-14,17-18H,3-4H2,1-2H3. The van der Waals surface area contributed by atoms with E-state index in [4.69, 9.17) is 4.52 Å². The van der Waals surface area contributed by atoms with Crippen LogP contribution in [-0.4, -0.2) is 12.8 Å². The fourth-order valence-corrected chi connectivity index (χ4v) is 4.41. The highest BCUT2D eigenvalue weighted by Crippen LogP contribution is 2.59. The molecule has 0 spiro atoms. The molecule has 1 N–H and O–H groups in total. The predicted molar refractivity (Wildman–Crippen MR) is 89.0 cm³/mol. The van der Waals surface area contributed by atoms with E-state index in [9.17, 15) is 4.57 Å². The van der Waals surface area contributed by atoms with Crippen LogP contribution < -0.4 is 5.32 Å². The number of benzene rings is 2. The third-order valence-corrected chi connectivity index (χ3v) is 6.17. The first kappa shape index (κ1) is 15.8. The lowest BCUT2D eigenvalue weighted by Gasteiger charge is -2.28. The number of nitrogens with one attached hydrogen (secondary N) is 1. The van der Waals surface area contributed by atoms with E-state index in [-0.39, 0.29) is 5.78 Å². The van der Waals surface area contributed by atoms with Gasteiger partial charge in [0.05, 0.1) is 6.61 Å². The fraction of sp³-hybridized carbons (Fsp3) is 0.294. The Labute approximate surface area is 126 Å². The van der Waals surface area contributed by atoms with Crippen molar-refractivity contribution in [1.29, 1.82) is 0 Å². The highest BCUT2D eigenvalue weighted by molar-refractivity contribution is 7.59. The zero-order valence-corrected chi connectivity index (χ0v) is 13.4. The highest BCUT2D eigenvalue weighted by Gasteiger charge is 2.33. The third-order valence-electron chi connectivity index (χ3n) is 3.37. The monoisotopic (exact) mass is 303 g/mol. The molecule has 112 valence electrons. The van der Waals surface area contributed by atoms with E-state index in [1.54, 1.807) is 0 Å². The molecule has 0 aliphatic carbocycles. The quantitative estimate of drug-likeness (QED) is 0.720. The molecule has 2 atom stereocenters. The lowest BCUT2D eigenvalue weighted by Crippen LogP contribution is -2.14. The van der Waals surface area contributed by atoms with Crippen LogP contribution in [-0.2, 0) is 9.09 Å². The molecule has 2 aromatic carbocycles. The van der Waals surface area contributed by atoms with E-state index in [1.807, 2.05) is 74.5 Å². The Bertz CT molecular complexity index is 586. The van der Waals surface area contributed by atoms with E-state index in [0.717, 1.165) is 11.3 Å². The van der Waals surface area contributed by atoms with Gasteiger partial charge in [0, 0.05) is 11.8 Å². The molecule has 21 heavy (non-hydrogen) atoms. The predicted octanol–water partition coefficient (Wildman–Crippen LogP) is 5.13. The van der Waals surface area contributed by atoms with Crippen molar-refractivity contribution in [3.05, 3.63) is 66.2 Å². The molecular formula is C17H22NO2P. The summed E-state index contributed by atoms with van der Waals surface area (Å²) < 4.78 is 18.9. The molecule has 0 saturated heterocycles. The van der Waals surface area contributed by atoms with Gasteiger partial charge < -0.3 is 9.84 Å². The number of rotatable bonds is 7. The zero-order chi connectivity index (χ0) is 15.1. The summed E-state index contributed by atoms with van der Waals surface area (Å²) >= 11 is 0. The van der Waals surface area contributed by atoms with Crippen LogP contribution in [0.3, 0.4) is 0 Å². The molecule has 4 heteroatoms. The molecule has 0 aromatic heterocycles. The molecular weight excluding hydrogens is 281 g/mol. The maximum absolute atomic E-state index is 13.2. The third kappa shape index (κ3) is 3.96. The molecule has 0 amide bonds. The average molecular weight is 303 g/mol. The number of anilines is 1. The van der Waals surface area contributed by atoms with E-state index in [1.165, 1.54) is 0 Å². The SMILES string of the molecule is CCOP(=O)(CC)C(Nc1ccccc1)c1ccccc1. The molecule has 0 aliphatic rings. The van der Waals surface area contributed by atoms with Crippen LogP contribution in [0, 0.1) is 0 Å². The summed E-state index contributed by atoms with van der Waals surface area (Å²) in [5.41, 5.74) is 1.93. The van der Waals surface area contributed by atoms with Gasteiger partial charge in [-0.2, -0.15) is 0 Å². The summed E-state index contributed by atoms with van der Waals surface area (Å²) in [5, 5.41) is 3.38. The number of hydrogen-bond acceptors (Lipinski definition) is 3. The maximum Gasteiger partial charge on any atom is 0.228 e. The molecule has 2 rings (SSSR count). The number of hydrogen-bond donors (Lipinski definition) is 1. The molecule has 3 nitrogen and oxygen atoms in total. The minimum Gasteiger partial charge on any atom is -0.370 e. The first-order valence-corrected chi connectivity index (χ1v) is 9.17. The molecule has 2 unspecified atom stereocenters. The van der Waals surface area contributed by atoms with E-state index in [0.29, 0.717) is 12.8 Å². The Morgan fingerprint density at radius 1 is 1.00 bits per heavy atom. The Balaban J connectivity index is 2.37. The summed E-state index contributed by atoms with van der Waals surface area (Å²) in [4.78, 5) is 0. The van der Waals surface area contributed by atoms with Crippen molar-refractivity contribution in [2.24, 2.45) is 0 Å². The number of para-hydroxylation sites is 1. The van der Waals surface area contributed by atoms with Gasteiger partial charge in [0.1, 0.15) is 5.78 Å². The normalized spacial score (nSPS) is 15.1. The van der Waals surface area contributed by atoms with E-state index >= 15 is 0 Å². The van der Waals surface area contributed by atoms with Gasteiger partial charge >= 0.3 is 0 Å². The maximum atomic E-state index is 13.2. The second-order valence-electron chi connectivity index (χ2n) is 4.78. The van der Waals surface area contributed by atoms with Crippen molar-refractivity contribution in [3.63, 3.8) is 0 Å². The van der Waals surface area contributed by atoms with Gasteiger partial charge in [-0.05, 0) is 24.6 Å². The van der Waals surface area contributed by atoms with Gasteiger partial charge in [0.2, 0.25) is 7.37 Å². The van der Waals surface area contributed by atoms with E-state index in [2.05, 4.69) is 5.32 Å². The largest absolute Gasteiger partial charge is 0.370 e. The van der Waals surface area contributed by atoms with Crippen molar-refractivity contribution < 1.29 is 9.09 Å². The van der Waals surface area contributed by atoms with Crippen LogP contribution >= 0.6 is 7.37 Å². The van der Waals surface area contributed by atoms with Crippen LogP contribution in [0.5, 0.6) is 0 Å². The van der Waals surface area contributed by atoms with Crippen LogP contribution in [0.15, 0.2) is 60.7 Å². The van der Waals surface area contributed by atoms with Crippen molar-refractivity contribution >= 4 is 13.1 Å². The Hall–Kier alpha value is -1.57. The molecule has 0 bridgehead atoms. The summed E-state index contributed by atoms with van der Waals surface area (Å²) in [6.07, 6.45) is 0.500. The van der Waals surface area contributed by atoms with Gasteiger partial charge in [-0.1, -0.05) is 55.5 Å². The lowest BCUT2D eigenvalue weighted by atomic mass is 10.2. The molecule has 2 aromatic rings. The van der Waals surface area contributed by atoms with Crippen molar-refractivity contribution in [3.8, 4) is 0 Å². The second-order valence-corrected chi connectivity index (χ2v) is 7.64. The van der Waals surface area contributed by atoms with Crippen LogP contribution in [0.25, 0.3) is 0 Å². The average Bonchev–Trinajstić information content (AvgIpc) is 2.54. The van der Waals surface area contributed by atoms with Crippen LogP contribution in [0.2, 0.25) is 0 Å². The Morgan fingerprint density at radius 3 is 2.10 bits per heavy atom. The van der Waals surface area contributed by atoms with Gasteiger partial charge in [-0.25, -0.2) is 0 Å². The van der Waals surface area contributed by atoms with Gasteiger partial charge in [0.25, 0.3) is 0 Å². The second kappa shape index (κ2) is 7.44. The van der Waals surface area contributed by atoms with Crippen LogP contribution in [0.4, 0.5) is 5.69 Å². The lowest BCUT2D eigenvalue weighted by molar-refractivity contribution is 0.328. The summed E-state index contributed by atoms with van der Waals surface area (Å²) in [7, 11) is -2.81. The molecule has 0 saturated carbocycles. The summed E-state index contributed by atoms with van der Waals surface area (Å²) in [5.74, 6) is -0.328. The molecule has 0 fully saturated rings. The molecule has 0 aliphatic heterocycles. The van der Waals surface area contributed by atoms with Gasteiger partial charge in [0.15, 0.2) is 0 Å². The first-order chi connectivity index (χ1) is 10.2. The highest BCUT2D eigenvalue weighted by atomic mass is 31.2. The topological polar surface area (TPSA) is 38.3 Å². The van der Waals surface area contributed by atoms with Crippen molar-refractivity contribution in [2.75, 3.05) is 18.1 Å². The Morgan fingerprint density at radius 2 is 1.57 bits per heavy atom. The zero-order valence-electron chi connectivity index (χ0n) is 12.5. The van der Waals surface area contributed by atoms with Crippen molar-refractivity contribution in [2.45, 2.75) is 19.6 Å². The van der Waals surface area contributed by atoms with Crippen LogP contribution in [0.1, 0.15) is 25.2 Å². The summed E-state index contributed by atoms with van der Waals surface area (Å²) in [6.45, 7) is 4.25. The first-order valence-electron chi connectivity index (χ1n) is 7.29.